The van der Waals surface area contributed by atoms with Gasteiger partial charge in [0.1, 0.15) is 0 Å². The largest absolute Gasteiger partial charge is 0.449 e. The fourth-order valence-corrected chi connectivity index (χ4v) is 2.62. The monoisotopic (exact) mass is 371 g/mol. The number of carbonyl (C=O) groups is 3. The van der Waals surface area contributed by atoms with Crippen molar-refractivity contribution in [2.45, 2.75) is 46.8 Å². The molecule has 2 rings (SSSR count). The number of hydrogen-bond donors (Lipinski definition) is 2. The summed E-state index contributed by atoms with van der Waals surface area (Å²) >= 11 is 0. The molecule has 0 fully saturated rings. The number of carbonyl (C=O) groups excluding carboxylic acids is 3. The van der Waals surface area contributed by atoms with E-state index >= 15 is 0 Å². The Hall–Kier alpha value is -3.09. The molecule has 3 amide bonds. The Bertz CT molecular complexity index is 818. The Labute approximate surface area is 158 Å². The van der Waals surface area contributed by atoms with Crippen LogP contribution in [0.5, 0.6) is 0 Å². The summed E-state index contributed by atoms with van der Waals surface area (Å²) in [4.78, 5) is 35.7. The van der Waals surface area contributed by atoms with E-state index in [-0.39, 0.29) is 6.04 Å². The summed E-state index contributed by atoms with van der Waals surface area (Å²) in [6.45, 7) is 8.97. The van der Waals surface area contributed by atoms with Crippen molar-refractivity contribution in [2.24, 2.45) is 0 Å². The predicted octanol–water partition coefficient (Wildman–Crippen LogP) is 2.87. The molecular weight excluding hydrogens is 346 g/mol. The number of aryl methyl sites for hydroxylation is 2. The van der Waals surface area contributed by atoms with E-state index in [0.29, 0.717) is 5.56 Å². The lowest BCUT2D eigenvalue weighted by atomic mass is 10.2. The number of nitrogens with one attached hydrogen (secondary N) is 2. The van der Waals surface area contributed by atoms with Gasteiger partial charge in [0.2, 0.25) is 0 Å². The highest BCUT2D eigenvalue weighted by molar-refractivity contribution is 5.98. The number of hydrogen-bond acceptors (Lipinski definition) is 4. The van der Waals surface area contributed by atoms with Crippen LogP contribution >= 0.6 is 0 Å². The molecule has 0 aliphatic heterocycles. The van der Waals surface area contributed by atoms with Crippen molar-refractivity contribution in [3.8, 4) is 5.69 Å². The molecule has 2 N–H and O–H groups in total. The lowest BCUT2D eigenvalue weighted by Crippen LogP contribution is -2.46. The highest BCUT2D eigenvalue weighted by Gasteiger charge is 2.21. The summed E-state index contributed by atoms with van der Waals surface area (Å²) in [7, 11) is 0. The second kappa shape index (κ2) is 8.53. The van der Waals surface area contributed by atoms with Crippen molar-refractivity contribution in [1.82, 2.24) is 15.2 Å². The van der Waals surface area contributed by atoms with Gasteiger partial charge in [-0.25, -0.2) is 9.59 Å². The van der Waals surface area contributed by atoms with Gasteiger partial charge in [-0.15, -0.1) is 0 Å². The van der Waals surface area contributed by atoms with Crippen molar-refractivity contribution < 1.29 is 19.1 Å². The zero-order valence-corrected chi connectivity index (χ0v) is 16.2. The molecule has 7 nitrogen and oxygen atoms in total. The number of esters is 1. The van der Waals surface area contributed by atoms with Gasteiger partial charge in [0.15, 0.2) is 6.10 Å². The maximum absolute atomic E-state index is 12.2. The summed E-state index contributed by atoms with van der Waals surface area (Å²) in [5.74, 6) is -1.31. The lowest BCUT2D eigenvalue weighted by molar-refractivity contribution is -0.127. The number of rotatable bonds is 5. The second-order valence-electron chi connectivity index (χ2n) is 6.66. The molecule has 0 unspecified atom stereocenters. The summed E-state index contributed by atoms with van der Waals surface area (Å²) in [5, 5.41) is 4.67. The molecule has 1 aromatic carbocycles. The van der Waals surface area contributed by atoms with E-state index in [1.165, 1.54) is 6.92 Å². The number of ether oxygens (including phenoxy) is 1. The van der Waals surface area contributed by atoms with E-state index in [2.05, 4.69) is 15.2 Å². The highest BCUT2D eigenvalue weighted by Crippen LogP contribution is 2.17. The van der Waals surface area contributed by atoms with Crippen LogP contribution in [0.25, 0.3) is 5.69 Å². The van der Waals surface area contributed by atoms with Gasteiger partial charge in [0.25, 0.3) is 5.91 Å². The lowest BCUT2D eigenvalue weighted by Gasteiger charge is -2.15. The Balaban J connectivity index is 1.99. The topological polar surface area (TPSA) is 89.4 Å². The minimum atomic E-state index is -1.09. The fraction of sp³-hybridized carbons (Fsp3) is 0.350. The van der Waals surface area contributed by atoms with Gasteiger partial charge < -0.3 is 14.6 Å². The molecule has 0 saturated heterocycles. The molecule has 144 valence electrons. The first kappa shape index (κ1) is 20.2. The number of amides is 3. The van der Waals surface area contributed by atoms with E-state index in [1.54, 1.807) is 26.0 Å². The van der Waals surface area contributed by atoms with Crippen LogP contribution in [0.1, 0.15) is 42.5 Å². The molecular formula is C20H25N3O4. The fourth-order valence-electron chi connectivity index (χ4n) is 2.62. The standard InChI is InChI=1S/C20H25N3O4/c1-12(2)21-20(26)22-18(24)15(5)27-19(25)16-8-10-17(11-9-16)23-13(3)6-7-14(23)4/h6-12,15H,1-5H3,(H2,21,22,24,26)/t15-/m1/s1. The molecule has 0 saturated carbocycles. The van der Waals surface area contributed by atoms with Gasteiger partial charge >= 0.3 is 12.0 Å². The Morgan fingerprint density at radius 1 is 0.926 bits per heavy atom. The molecule has 0 spiro atoms. The van der Waals surface area contributed by atoms with Crippen LogP contribution in [0.3, 0.4) is 0 Å². The van der Waals surface area contributed by atoms with Crippen LogP contribution < -0.4 is 10.6 Å². The summed E-state index contributed by atoms with van der Waals surface area (Å²) in [6, 6.07) is 10.2. The van der Waals surface area contributed by atoms with Crippen molar-refractivity contribution >= 4 is 17.9 Å². The Morgan fingerprint density at radius 2 is 1.48 bits per heavy atom. The van der Waals surface area contributed by atoms with E-state index in [9.17, 15) is 14.4 Å². The summed E-state index contributed by atoms with van der Waals surface area (Å²) in [6.07, 6.45) is -1.09. The van der Waals surface area contributed by atoms with Crippen LogP contribution in [-0.4, -0.2) is 34.6 Å². The Kier molecular flexibility index (Phi) is 6.39. The molecule has 1 aromatic heterocycles. The number of imide groups is 1. The van der Waals surface area contributed by atoms with Gasteiger partial charge in [0.05, 0.1) is 5.56 Å². The zero-order chi connectivity index (χ0) is 20.1. The molecule has 0 radical (unpaired) electrons. The number of aromatic nitrogens is 1. The number of nitrogens with zero attached hydrogens (tertiary/aromatic N) is 1. The van der Waals surface area contributed by atoms with Crippen molar-refractivity contribution in [2.75, 3.05) is 0 Å². The normalized spacial score (nSPS) is 11.8. The van der Waals surface area contributed by atoms with Crippen LogP contribution in [0.2, 0.25) is 0 Å². The minimum Gasteiger partial charge on any atom is -0.449 e. The quantitative estimate of drug-likeness (QED) is 0.791. The third-order valence-corrected chi connectivity index (χ3v) is 3.94. The van der Waals surface area contributed by atoms with Crippen molar-refractivity contribution in [3.63, 3.8) is 0 Å². The molecule has 7 heteroatoms. The third kappa shape index (κ3) is 5.20. The van der Waals surface area contributed by atoms with Gasteiger partial charge in [-0.1, -0.05) is 0 Å². The van der Waals surface area contributed by atoms with Crippen LogP contribution in [-0.2, 0) is 9.53 Å². The SMILES string of the molecule is Cc1ccc(C)n1-c1ccc(C(=O)O[C@H](C)C(=O)NC(=O)NC(C)C)cc1. The average Bonchev–Trinajstić information content (AvgIpc) is 2.92. The minimum absolute atomic E-state index is 0.109. The predicted molar refractivity (Wildman–Crippen MR) is 102 cm³/mol. The van der Waals surface area contributed by atoms with Gasteiger partial charge in [0, 0.05) is 23.1 Å². The highest BCUT2D eigenvalue weighted by atomic mass is 16.5. The van der Waals surface area contributed by atoms with Crippen molar-refractivity contribution in [1.29, 1.82) is 0 Å². The maximum Gasteiger partial charge on any atom is 0.338 e. The second-order valence-corrected chi connectivity index (χ2v) is 6.66. The van der Waals surface area contributed by atoms with Crippen LogP contribution in [0, 0.1) is 13.8 Å². The van der Waals surface area contributed by atoms with E-state index in [1.807, 2.05) is 38.1 Å². The number of urea groups is 1. The van der Waals surface area contributed by atoms with Gasteiger partial charge in [-0.3, -0.25) is 10.1 Å². The molecule has 2 aromatic rings. The molecule has 27 heavy (non-hydrogen) atoms. The molecule has 0 aliphatic rings. The molecule has 1 atom stereocenters. The Morgan fingerprint density at radius 3 is 2.00 bits per heavy atom. The van der Waals surface area contributed by atoms with Crippen LogP contribution in [0.15, 0.2) is 36.4 Å². The first-order chi connectivity index (χ1) is 12.7. The first-order valence-electron chi connectivity index (χ1n) is 8.76. The zero-order valence-electron chi connectivity index (χ0n) is 16.2. The van der Waals surface area contributed by atoms with E-state index < -0.39 is 24.0 Å². The van der Waals surface area contributed by atoms with E-state index in [4.69, 9.17) is 4.74 Å². The van der Waals surface area contributed by atoms with Crippen LogP contribution in [0.4, 0.5) is 4.79 Å². The first-order valence-corrected chi connectivity index (χ1v) is 8.76. The number of benzene rings is 1. The molecule has 1 heterocycles. The van der Waals surface area contributed by atoms with Crippen molar-refractivity contribution in [3.05, 3.63) is 53.3 Å². The summed E-state index contributed by atoms with van der Waals surface area (Å²) < 4.78 is 7.21. The molecule has 0 bridgehead atoms. The van der Waals surface area contributed by atoms with Gasteiger partial charge in [-0.05, 0) is 71.0 Å². The maximum atomic E-state index is 12.2. The molecule has 0 aliphatic carbocycles. The van der Waals surface area contributed by atoms with E-state index in [0.717, 1.165) is 17.1 Å². The van der Waals surface area contributed by atoms with Gasteiger partial charge in [-0.2, -0.15) is 0 Å². The smallest absolute Gasteiger partial charge is 0.338 e. The third-order valence-electron chi connectivity index (χ3n) is 3.94. The summed E-state index contributed by atoms with van der Waals surface area (Å²) in [5.41, 5.74) is 3.44. The average molecular weight is 371 g/mol.